The second-order valence-corrected chi connectivity index (χ2v) is 3.71. The molecule has 0 bridgehead atoms. The number of rotatable bonds is 4. The van der Waals surface area contributed by atoms with Crippen LogP contribution in [0.5, 0.6) is 0 Å². The van der Waals surface area contributed by atoms with E-state index in [0.29, 0.717) is 12.8 Å². The van der Waals surface area contributed by atoms with Crippen LogP contribution in [0.25, 0.3) is 0 Å². The molecule has 0 aliphatic heterocycles. The molecule has 2 rings (SSSR count). The third-order valence-corrected chi connectivity index (χ3v) is 2.40. The molecule has 0 saturated heterocycles. The number of carbonyl (C=O) groups excluding carboxylic acids is 1. The molecule has 4 nitrogen and oxygen atoms in total. The minimum Gasteiger partial charge on any atom is -0.338 e. The van der Waals surface area contributed by atoms with Gasteiger partial charge in [-0.3, -0.25) is 9.78 Å². The number of ketones is 1. The van der Waals surface area contributed by atoms with Crippen molar-refractivity contribution in [3.05, 3.63) is 48.3 Å². The number of imidazole rings is 1. The molecule has 0 unspecified atom stereocenters. The van der Waals surface area contributed by atoms with E-state index < -0.39 is 0 Å². The van der Waals surface area contributed by atoms with Crippen LogP contribution in [0, 0.1) is 0 Å². The summed E-state index contributed by atoms with van der Waals surface area (Å²) in [7, 11) is 1.89. The van der Waals surface area contributed by atoms with Crippen molar-refractivity contribution in [3.8, 4) is 0 Å². The summed E-state index contributed by atoms with van der Waals surface area (Å²) >= 11 is 0. The van der Waals surface area contributed by atoms with Gasteiger partial charge in [-0.05, 0) is 11.6 Å². The average Bonchev–Trinajstić information content (AvgIpc) is 2.66. The zero-order valence-corrected chi connectivity index (χ0v) is 9.13. The lowest BCUT2D eigenvalue weighted by Gasteiger charge is -2.01. The lowest BCUT2D eigenvalue weighted by Crippen LogP contribution is -2.10. The third kappa shape index (κ3) is 2.53. The van der Waals surface area contributed by atoms with Gasteiger partial charge in [0.2, 0.25) is 0 Å². The van der Waals surface area contributed by atoms with E-state index in [4.69, 9.17) is 0 Å². The van der Waals surface area contributed by atoms with Crippen molar-refractivity contribution in [3.63, 3.8) is 0 Å². The number of hydrogen-bond donors (Lipinski definition) is 0. The molecule has 0 spiro atoms. The van der Waals surface area contributed by atoms with Gasteiger partial charge in [0, 0.05) is 38.3 Å². The molecular formula is C12H13N3O. The molecule has 0 aliphatic carbocycles. The molecule has 0 N–H and O–H groups in total. The number of pyridine rings is 1. The maximum Gasteiger partial charge on any atom is 0.144 e. The van der Waals surface area contributed by atoms with E-state index in [2.05, 4.69) is 9.97 Å². The van der Waals surface area contributed by atoms with E-state index in [9.17, 15) is 4.79 Å². The number of Topliss-reactive ketones (excluding diaryl/α,β-unsaturated/α-hetero) is 1. The zero-order valence-electron chi connectivity index (χ0n) is 9.13. The van der Waals surface area contributed by atoms with Crippen LogP contribution in [0.4, 0.5) is 0 Å². The summed E-state index contributed by atoms with van der Waals surface area (Å²) < 4.78 is 1.86. The van der Waals surface area contributed by atoms with Crippen LogP contribution in [0.15, 0.2) is 36.9 Å². The molecule has 82 valence electrons. The Hall–Kier alpha value is -1.97. The normalized spacial score (nSPS) is 10.3. The number of aryl methyl sites for hydroxylation is 1. The Balaban J connectivity index is 1.98. The zero-order chi connectivity index (χ0) is 11.4. The molecular weight excluding hydrogens is 202 g/mol. The third-order valence-electron chi connectivity index (χ3n) is 2.40. The fraction of sp³-hybridized carbons (Fsp3) is 0.250. The van der Waals surface area contributed by atoms with E-state index >= 15 is 0 Å². The molecule has 2 heterocycles. The van der Waals surface area contributed by atoms with E-state index in [1.807, 2.05) is 29.9 Å². The van der Waals surface area contributed by atoms with Gasteiger partial charge in [-0.1, -0.05) is 6.07 Å². The Kier molecular flexibility index (Phi) is 3.10. The molecule has 16 heavy (non-hydrogen) atoms. The van der Waals surface area contributed by atoms with Gasteiger partial charge in [0.1, 0.15) is 11.6 Å². The second-order valence-electron chi connectivity index (χ2n) is 3.71. The summed E-state index contributed by atoms with van der Waals surface area (Å²) in [5.74, 6) is 0.955. The van der Waals surface area contributed by atoms with Crippen molar-refractivity contribution in [2.75, 3.05) is 0 Å². The smallest absolute Gasteiger partial charge is 0.144 e. The molecule has 0 fully saturated rings. The van der Waals surface area contributed by atoms with Crippen LogP contribution in [0.2, 0.25) is 0 Å². The number of hydrogen-bond acceptors (Lipinski definition) is 3. The van der Waals surface area contributed by atoms with Crippen LogP contribution < -0.4 is 0 Å². The van der Waals surface area contributed by atoms with Crippen molar-refractivity contribution in [2.45, 2.75) is 12.8 Å². The first-order valence-corrected chi connectivity index (χ1v) is 5.12. The summed E-state index contributed by atoms with van der Waals surface area (Å²) in [5, 5.41) is 0. The molecule has 0 radical (unpaired) electrons. The molecule has 2 aromatic heterocycles. The van der Waals surface area contributed by atoms with Crippen molar-refractivity contribution < 1.29 is 4.79 Å². The quantitative estimate of drug-likeness (QED) is 0.769. The van der Waals surface area contributed by atoms with Gasteiger partial charge in [0.25, 0.3) is 0 Å². The number of aromatic nitrogens is 3. The summed E-state index contributed by atoms with van der Waals surface area (Å²) in [6, 6.07) is 3.74. The fourth-order valence-electron chi connectivity index (χ4n) is 1.54. The van der Waals surface area contributed by atoms with Gasteiger partial charge in [-0.15, -0.1) is 0 Å². The van der Waals surface area contributed by atoms with E-state index in [1.54, 1.807) is 18.6 Å². The van der Waals surface area contributed by atoms with Gasteiger partial charge >= 0.3 is 0 Å². The summed E-state index contributed by atoms with van der Waals surface area (Å²) in [6.45, 7) is 0. The lowest BCUT2D eigenvalue weighted by atomic mass is 10.1. The predicted molar refractivity (Wildman–Crippen MR) is 59.9 cm³/mol. The summed E-state index contributed by atoms with van der Waals surface area (Å²) in [5.41, 5.74) is 0.946. The van der Waals surface area contributed by atoms with Crippen molar-refractivity contribution >= 4 is 5.78 Å². The Labute approximate surface area is 94.0 Å². The Bertz CT molecular complexity index is 476. The Morgan fingerprint density at radius 3 is 2.88 bits per heavy atom. The summed E-state index contributed by atoms with van der Waals surface area (Å²) in [4.78, 5) is 19.9. The number of nitrogens with zero attached hydrogens (tertiary/aromatic N) is 3. The monoisotopic (exact) mass is 215 g/mol. The minimum atomic E-state index is 0.155. The maximum atomic E-state index is 11.8. The van der Waals surface area contributed by atoms with E-state index in [-0.39, 0.29) is 5.78 Å². The SMILES string of the molecule is Cn1ccnc1CC(=O)Cc1cccnc1. The standard InChI is InChI=1S/C12H13N3O/c1-15-6-5-14-12(15)8-11(16)7-10-3-2-4-13-9-10/h2-6,9H,7-8H2,1H3. The summed E-state index contributed by atoms with van der Waals surface area (Å²) in [6.07, 6.45) is 7.75. The maximum absolute atomic E-state index is 11.8. The number of carbonyl (C=O) groups is 1. The van der Waals surface area contributed by atoms with Gasteiger partial charge in [-0.25, -0.2) is 4.98 Å². The van der Waals surface area contributed by atoms with Crippen LogP contribution in [-0.4, -0.2) is 20.3 Å². The molecule has 0 aliphatic rings. The van der Waals surface area contributed by atoms with Crippen LogP contribution in [0.1, 0.15) is 11.4 Å². The second kappa shape index (κ2) is 4.70. The topological polar surface area (TPSA) is 47.8 Å². The van der Waals surface area contributed by atoms with E-state index in [0.717, 1.165) is 11.4 Å². The molecule has 2 aromatic rings. The first-order valence-electron chi connectivity index (χ1n) is 5.12. The first-order chi connectivity index (χ1) is 7.75. The van der Waals surface area contributed by atoms with Crippen molar-refractivity contribution in [1.82, 2.24) is 14.5 Å². The van der Waals surface area contributed by atoms with Crippen LogP contribution in [-0.2, 0) is 24.7 Å². The van der Waals surface area contributed by atoms with Crippen molar-refractivity contribution in [1.29, 1.82) is 0 Å². The molecule has 0 aromatic carbocycles. The highest BCUT2D eigenvalue weighted by Gasteiger charge is 2.08. The van der Waals surface area contributed by atoms with Crippen LogP contribution >= 0.6 is 0 Å². The first kappa shape index (κ1) is 10.5. The average molecular weight is 215 g/mol. The van der Waals surface area contributed by atoms with Crippen molar-refractivity contribution in [2.24, 2.45) is 7.05 Å². The van der Waals surface area contributed by atoms with Gasteiger partial charge in [0.15, 0.2) is 0 Å². The lowest BCUT2D eigenvalue weighted by molar-refractivity contribution is -0.117. The molecule has 4 heteroatoms. The molecule has 0 atom stereocenters. The molecule has 0 amide bonds. The minimum absolute atomic E-state index is 0.155. The Morgan fingerprint density at radius 1 is 1.38 bits per heavy atom. The molecule has 0 saturated carbocycles. The highest BCUT2D eigenvalue weighted by Crippen LogP contribution is 2.02. The Morgan fingerprint density at radius 2 is 2.25 bits per heavy atom. The van der Waals surface area contributed by atoms with Gasteiger partial charge in [-0.2, -0.15) is 0 Å². The van der Waals surface area contributed by atoms with Gasteiger partial charge < -0.3 is 4.57 Å². The van der Waals surface area contributed by atoms with Gasteiger partial charge in [0.05, 0.1) is 6.42 Å². The largest absolute Gasteiger partial charge is 0.338 e. The highest BCUT2D eigenvalue weighted by atomic mass is 16.1. The highest BCUT2D eigenvalue weighted by molar-refractivity contribution is 5.82. The predicted octanol–water partition coefficient (Wildman–Crippen LogP) is 1.17. The fourth-order valence-corrected chi connectivity index (χ4v) is 1.54. The van der Waals surface area contributed by atoms with E-state index in [1.165, 1.54) is 0 Å². The van der Waals surface area contributed by atoms with Crippen LogP contribution in [0.3, 0.4) is 0 Å².